The van der Waals surface area contributed by atoms with Crippen LogP contribution in [-0.2, 0) is 9.47 Å². The van der Waals surface area contributed by atoms with Gasteiger partial charge >= 0.3 is 6.09 Å². The van der Waals surface area contributed by atoms with Crippen LogP contribution in [-0.4, -0.2) is 44.9 Å². The van der Waals surface area contributed by atoms with Gasteiger partial charge < -0.3 is 9.47 Å². The van der Waals surface area contributed by atoms with Gasteiger partial charge in [-0.1, -0.05) is 11.6 Å². The SMILES string of the molecule is CC(C)(C)OC(=O)N1[C@@H](C[C@@H](Sc2cc(Cl)ccc2C#N)c2cncnc2)COC1(C)C. The Hall–Kier alpha value is -2.34. The summed E-state index contributed by atoms with van der Waals surface area (Å²) in [7, 11) is 0. The summed E-state index contributed by atoms with van der Waals surface area (Å²) in [6.45, 7) is 9.60. The number of hydrogen-bond donors (Lipinski definition) is 0. The van der Waals surface area contributed by atoms with Crippen molar-refractivity contribution >= 4 is 29.5 Å². The molecule has 1 saturated heterocycles. The van der Waals surface area contributed by atoms with Crippen LogP contribution in [0.15, 0.2) is 41.8 Å². The second-order valence-corrected chi connectivity index (χ2v) is 10.7. The number of thioether (sulfide) groups is 1. The lowest BCUT2D eigenvalue weighted by Crippen LogP contribution is -2.50. The summed E-state index contributed by atoms with van der Waals surface area (Å²) in [6.07, 6.45) is 5.11. The maximum atomic E-state index is 13.0. The number of amides is 1. The minimum absolute atomic E-state index is 0.144. The van der Waals surface area contributed by atoms with Gasteiger partial charge in [0.25, 0.3) is 0 Å². The maximum Gasteiger partial charge on any atom is 0.412 e. The average molecular weight is 475 g/mol. The fraction of sp³-hybridized carbons (Fsp3) is 0.478. The van der Waals surface area contributed by atoms with Crippen LogP contribution in [0.3, 0.4) is 0 Å². The molecule has 0 spiro atoms. The molecule has 0 aliphatic carbocycles. The molecule has 170 valence electrons. The van der Waals surface area contributed by atoms with Crippen LogP contribution in [0.1, 0.15) is 57.4 Å². The molecule has 9 heteroatoms. The molecule has 1 aromatic carbocycles. The molecule has 2 heterocycles. The van der Waals surface area contributed by atoms with E-state index in [0.717, 1.165) is 10.5 Å². The monoisotopic (exact) mass is 474 g/mol. The molecular formula is C23H27ClN4O3S. The number of carbonyl (C=O) groups excluding carboxylic acids is 1. The van der Waals surface area contributed by atoms with Gasteiger partial charge in [0.2, 0.25) is 0 Å². The zero-order valence-electron chi connectivity index (χ0n) is 18.8. The summed E-state index contributed by atoms with van der Waals surface area (Å²) in [6, 6.07) is 7.17. The Bertz CT molecular complexity index is 1000. The molecule has 1 aromatic heterocycles. The largest absolute Gasteiger partial charge is 0.444 e. The van der Waals surface area contributed by atoms with Gasteiger partial charge in [0.15, 0.2) is 0 Å². The molecule has 3 rings (SSSR count). The Morgan fingerprint density at radius 1 is 1.41 bits per heavy atom. The number of halogens is 1. The number of rotatable bonds is 5. The van der Waals surface area contributed by atoms with E-state index in [0.29, 0.717) is 23.6 Å². The smallest absolute Gasteiger partial charge is 0.412 e. The molecule has 0 N–H and O–H groups in total. The molecule has 7 nitrogen and oxygen atoms in total. The highest BCUT2D eigenvalue weighted by Crippen LogP contribution is 2.43. The van der Waals surface area contributed by atoms with Gasteiger partial charge in [-0.2, -0.15) is 5.26 Å². The predicted molar refractivity (Wildman–Crippen MR) is 123 cm³/mol. The third kappa shape index (κ3) is 5.91. The first-order valence-corrected chi connectivity index (χ1v) is 11.5. The summed E-state index contributed by atoms with van der Waals surface area (Å²) in [4.78, 5) is 23.8. The van der Waals surface area contributed by atoms with E-state index in [1.807, 2.05) is 34.6 Å². The van der Waals surface area contributed by atoms with Crippen molar-refractivity contribution in [3.63, 3.8) is 0 Å². The Labute approximate surface area is 198 Å². The van der Waals surface area contributed by atoms with Crippen LogP contribution >= 0.6 is 23.4 Å². The molecular weight excluding hydrogens is 448 g/mol. The number of nitrogens with zero attached hydrogens (tertiary/aromatic N) is 4. The number of nitriles is 1. The molecule has 1 aliphatic heterocycles. The highest BCUT2D eigenvalue weighted by Gasteiger charge is 2.46. The van der Waals surface area contributed by atoms with Gasteiger partial charge in [-0.15, -0.1) is 11.8 Å². The first-order chi connectivity index (χ1) is 15.0. The molecule has 1 amide bonds. The lowest BCUT2D eigenvalue weighted by molar-refractivity contribution is -0.0626. The van der Waals surface area contributed by atoms with Gasteiger partial charge in [0.05, 0.1) is 18.2 Å². The molecule has 32 heavy (non-hydrogen) atoms. The Morgan fingerprint density at radius 2 is 2.09 bits per heavy atom. The minimum Gasteiger partial charge on any atom is -0.444 e. The van der Waals surface area contributed by atoms with E-state index in [4.69, 9.17) is 21.1 Å². The molecule has 2 aromatic rings. The lowest BCUT2D eigenvalue weighted by atomic mass is 10.1. The summed E-state index contributed by atoms with van der Waals surface area (Å²) < 4.78 is 11.6. The number of aromatic nitrogens is 2. The van der Waals surface area contributed by atoms with E-state index in [9.17, 15) is 10.1 Å². The van der Waals surface area contributed by atoms with Crippen LogP contribution in [0.25, 0.3) is 0 Å². The standard InChI is InChI=1S/C23H27ClN4O3S/c1-22(2,3)31-21(29)28-18(13-30-23(28,4)5)9-20(16-11-26-14-27-12-16)32-19-8-17(24)7-6-15(19)10-25/h6-8,11-12,14,18,20H,9,13H2,1-5H3/t18-,20+/m0/s1. The maximum absolute atomic E-state index is 13.0. The van der Waals surface area contributed by atoms with Crippen LogP contribution < -0.4 is 0 Å². The summed E-state index contributed by atoms with van der Waals surface area (Å²) in [5.41, 5.74) is -0.00326. The molecule has 0 radical (unpaired) electrons. The van der Waals surface area contributed by atoms with Crippen molar-refractivity contribution in [2.45, 2.75) is 68.6 Å². The van der Waals surface area contributed by atoms with Crippen molar-refractivity contribution in [2.75, 3.05) is 6.61 Å². The van der Waals surface area contributed by atoms with Gasteiger partial charge in [-0.25, -0.2) is 14.8 Å². The predicted octanol–water partition coefficient (Wildman–Crippen LogP) is 5.60. The van der Waals surface area contributed by atoms with Crippen molar-refractivity contribution in [3.05, 3.63) is 53.1 Å². The minimum atomic E-state index is -0.802. The average Bonchev–Trinajstić information content (AvgIpc) is 3.01. The third-order valence-corrected chi connectivity index (χ3v) is 6.51. The summed E-state index contributed by atoms with van der Waals surface area (Å²) in [5, 5.41) is 9.95. The Kier molecular flexibility index (Phi) is 7.33. The third-order valence-electron chi connectivity index (χ3n) is 4.94. The lowest BCUT2D eigenvalue weighted by Gasteiger charge is -2.36. The van der Waals surface area contributed by atoms with E-state index in [2.05, 4.69) is 16.0 Å². The fourth-order valence-corrected chi connectivity index (χ4v) is 5.11. The number of benzene rings is 1. The Balaban J connectivity index is 1.92. The van der Waals surface area contributed by atoms with Crippen LogP contribution in [0, 0.1) is 11.3 Å². The van der Waals surface area contributed by atoms with E-state index >= 15 is 0 Å². The van der Waals surface area contributed by atoms with E-state index < -0.39 is 17.4 Å². The zero-order valence-corrected chi connectivity index (χ0v) is 20.4. The van der Waals surface area contributed by atoms with Crippen LogP contribution in [0.5, 0.6) is 0 Å². The summed E-state index contributed by atoms with van der Waals surface area (Å²) >= 11 is 7.70. The van der Waals surface area contributed by atoms with Crippen LogP contribution in [0.2, 0.25) is 5.02 Å². The topological polar surface area (TPSA) is 88.3 Å². The molecule has 0 saturated carbocycles. The van der Waals surface area contributed by atoms with Crippen molar-refractivity contribution in [1.29, 1.82) is 5.26 Å². The number of ether oxygens (including phenoxy) is 2. The number of hydrogen-bond acceptors (Lipinski definition) is 7. The van der Waals surface area contributed by atoms with Crippen molar-refractivity contribution in [3.8, 4) is 6.07 Å². The summed E-state index contributed by atoms with van der Waals surface area (Å²) in [5.74, 6) is 0. The first-order valence-electron chi connectivity index (χ1n) is 10.3. The van der Waals surface area contributed by atoms with Gasteiger partial charge in [0.1, 0.15) is 23.7 Å². The molecule has 0 unspecified atom stereocenters. The first kappa shape index (κ1) is 24.3. The van der Waals surface area contributed by atoms with Gasteiger partial charge in [0, 0.05) is 33.1 Å². The molecule has 2 atom stereocenters. The van der Waals surface area contributed by atoms with Gasteiger partial charge in [-0.3, -0.25) is 4.90 Å². The molecule has 1 fully saturated rings. The molecule has 1 aliphatic rings. The second kappa shape index (κ2) is 9.65. The quantitative estimate of drug-likeness (QED) is 0.521. The van der Waals surface area contributed by atoms with Crippen molar-refractivity contribution in [2.24, 2.45) is 0 Å². The van der Waals surface area contributed by atoms with E-state index in [1.54, 1.807) is 35.5 Å². The fourth-order valence-electron chi connectivity index (χ4n) is 3.55. The highest BCUT2D eigenvalue weighted by molar-refractivity contribution is 7.99. The van der Waals surface area contributed by atoms with Crippen LogP contribution in [0.4, 0.5) is 4.79 Å². The Morgan fingerprint density at radius 3 is 2.72 bits per heavy atom. The zero-order chi connectivity index (χ0) is 23.5. The van der Waals surface area contributed by atoms with E-state index in [1.165, 1.54) is 18.1 Å². The van der Waals surface area contributed by atoms with E-state index in [-0.39, 0.29) is 11.3 Å². The highest BCUT2D eigenvalue weighted by atomic mass is 35.5. The van der Waals surface area contributed by atoms with Crippen molar-refractivity contribution < 1.29 is 14.3 Å². The van der Waals surface area contributed by atoms with Crippen molar-refractivity contribution in [1.82, 2.24) is 14.9 Å². The number of carbonyl (C=O) groups is 1. The normalized spacial score (nSPS) is 18.8. The van der Waals surface area contributed by atoms with Gasteiger partial charge in [-0.05, 0) is 59.2 Å². The molecule has 0 bridgehead atoms. The second-order valence-electron chi connectivity index (χ2n) is 9.03.